The first-order valence-corrected chi connectivity index (χ1v) is 9.75. The van der Waals surface area contributed by atoms with Gasteiger partial charge in [-0.2, -0.15) is 4.98 Å². The van der Waals surface area contributed by atoms with Crippen molar-refractivity contribution >= 4 is 22.7 Å². The Morgan fingerprint density at radius 2 is 2.00 bits per heavy atom. The number of hydrogen-bond donors (Lipinski definition) is 1. The van der Waals surface area contributed by atoms with E-state index >= 15 is 0 Å². The number of aromatic nitrogens is 4. The summed E-state index contributed by atoms with van der Waals surface area (Å²) >= 11 is 0. The average Bonchev–Trinajstić information content (AvgIpc) is 3.31. The highest BCUT2D eigenvalue weighted by Gasteiger charge is 2.43. The van der Waals surface area contributed by atoms with Crippen LogP contribution < -0.4 is 10.2 Å². The van der Waals surface area contributed by atoms with E-state index in [4.69, 9.17) is 9.26 Å². The Kier molecular flexibility index (Phi) is 4.35. The van der Waals surface area contributed by atoms with Gasteiger partial charge < -0.3 is 19.5 Å². The fourth-order valence-electron chi connectivity index (χ4n) is 4.78. The first kappa shape index (κ1) is 17.4. The van der Waals surface area contributed by atoms with E-state index in [1.807, 2.05) is 31.3 Å². The highest BCUT2D eigenvalue weighted by molar-refractivity contribution is 5.88. The zero-order chi connectivity index (χ0) is 19.1. The molecule has 4 heterocycles. The van der Waals surface area contributed by atoms with Crippen LogP contribution in [0.3, 0.4) is 0 Å². The topological polar surface area (TPSA) is 89.2 Å². The number of ether oxygens (including phenoxy) is 1. The third-order valence-corrected chi connectivity index (χ3v) is 6.14. The van der Waals surface area contributed by atoms with Gasteiger partial charge in [0, 0.05) is 26.4 Å². The fraction of sp³-hybridized carbons (Fsp3) is 0.500. The van der Waals surface area contributed by atoms with Crippen LogP contribution in [0.2, 0.25) is 0 Å². The maximum Gasteiger partial charge on any atom is 0.263 e. The third-order valence-electron chi connectivity index (χ3n) is 6.14. The van der Waals surface area contributed by atoms with Gasteiger partial charge in [0.2, 0.25) is 0 Å². The SMILES string of the molecule is CO[C@@H]1C[C@H]2CN(c3ncnc4onc(C)c34)C[C@H]2C[C@H]1Nc1ccccn1. The molecule has 0 unspecified atom stereocenters. The molecule has 8 heteroatoms. The van der Waals surface area contributed by atoms with E-state index in [1.165, 1.54) is 0 Å². The average molecular weight is 380 g/mol. The maximum absolute atomic E-state index is 5.84. The first-order valence-electron chi connectivity index (χ1n) is 9.75. The smallest absolute Gasteiger partial charge is 0.263 e. The second-order valence-electron chi connectivity index (χ2n) is 7.78. The number of rotatable bonds is 4. The molecule has 3 aromatic heterocycles. The summed E-state index contributed by atoms with van der Waals surface area (Å²) in [5, 5.41) is 8.56. The molecule has 0 radical (unpaired) electrons. The molecule has 1 saturated heterocycles. The Morgan fingerprint density at radius 3 is 2.79 bits per heavy atom. The molecule has 2 fully saturated rings. The number of pyridine rings is 1. The minimum absolute atomic E-state index is 0.172. The van der Waals surface area contributed by atoms with Crippen molar-refractivity contribution in [2.24, 2.45) is 11.8 Å². The number of aryl methyl sites for hydroxylation is 1. The Balaban J connectivity index is 1.37. The van der Waals surface area contributed by atoms with Crippen molar-refractivity contribution in [3.8, 4) is 0 Å². The van der Waals surface area contributed by atoms with Crippen LogP contribution in [0.4, 0.5) is 11.6 Å². The minimum atomic E-state index is 0.172. The van der Waals surface area contributed by atoms with Crippen molar-refractivity contribution in [1.29, 1.82) is 0 Å². The van der Waals surface area contributed by atoms with E-state index < -0.39 is 0 Å². The molecule has 0 bridgehead atoms. The molecular formula is C20H24N6O2. The Labute approximate surface area is 163 Å². The number of methoxy groups -OCH3 is 1. The number of hydrogen-bond acceptors (Lipinski definition) is 8. The van der Waals surface area contributed by atoms with Crippen molar-refractivity contribution in [2.45, 2.75) is 31.9 Å². The predicted molar refractivity (Wildman–Crippen MR) is 105 cm³/mol. The molecular weight excluding hydrogens is 356 g/mol. The molecule has 1 aliphatic carbocycles. The van der Waals surface area contributed by atoms with Gasteiger partial charge in [0.1, 0.15) is 23.3 Å². The van der Waals surface area contributed by atoms with Crippen LogP contribution in [0.1, 0.15) is 18.5 Å². The zero-order valence-electron chi connectivity index (χ0n) is 16.1. The number of anilines is 2. The predicted octanol–water partition coefficient (Wildman–Crippen LogP) is 2.66. The summed E-state index contributed by atoms with van der Waals surface area (Å²) in [5.74, 6) is 3.00. The van der Waals surface area contributed by atoms with E-state index in [9.17, 15) is 0 Å². The molecule has 2 aliphatic rings. The molecule has 146 valence electrons. The number of nitrogens with zero attached hydrogens (tertiary/aromatic N) is 5. The number of nitrogens with one attached hydrogen (secondary N) is 1. The lowest BCUT2D eigenvalue weighted by molar-refractivity contribution is 0.0305. The van der Waals surface area contributed by atoms with Gasteiger partial charge in [-0.25, -0.2) is 9.97 Å². The Bertz CT molecular complexity index is 962. The summed E-state index contributed by atoms with van der Waals surface area (Å²) in [6.45, 7) is 3.88. The standard InChI is InChI=1S/C20H24N6O2/c1-12-18-19(22-11-23-20(18)28-25-12)26-9-13-7-15(16(27-2)8-14(13)10-26)24-17-5-3-4-6-21-17/h3-6,11,13-16H,7-10H2,1-2H3,(H,21,24)/t13-,14+,15-,16-/m1/s1. The van der Waals surface area contributed by atoms with E-state index in [0.29, 0.717) is 17.5 Å². The van der Waals surface area contributed by atoms with Gasteiger partial charge in [-0.1, -0.05) is 11.2 Å². The van der Waals surface area contributed by atoms with E-state index in [0.717, 1.165) is 48.6 Å². The molecule has 4 atom stereocenters. The van der Waals surface area contributed by atoms with Crippen LogP contribution >= 0.6 is 0 Å². The van der Waals surface area contributed by atoms with Gasteiger partial charge >= 0.3 is 0 Å². The lowest BCUT2D eigenvalue weighted by Gasteiger charge is -2.37. The van der Waals surface area contributed by atoms with E-state index in [1.54, 1.807) is 13.4 Å². The highest BCUT2D eigenvalue weighted by atomic mass is 16.5. The van der Waals surface area contributed by atoms with Gasteiger partial charge in [0.05, 0.1) is 17.8 Å². The maximum atomic E-state index is 5.84. The molecule has 8 nitrogen and oxygen atoms in total. The first-order chi connectivity index (χ1) is 13.7. The van der Waals surface area contributed by atoms with Crippen LogP contribution in [0, 0.1) is 18.8 Å². The van der Waals surface area contributed by atoms with E-state index in [2.05, 4.69) is 30.3 Å². The lowest BCUT2D eigenvalue weighted by Crippen LogP contribution is -2.44. The van der Waals surface area contributed by atoms with Crippen LogP contribution in [-0.2, 0) is 4.74 Å². The van der Waals surface area contributed by atoms with Crippen LogP contribution in [0.25, 0.3) is 11.1 Å². The van der Waals surface area contributed by atoms with Crippen LogP contribution in [-0.4, -0.2) is 52.5 Å². The molecule has 1 saturated carbocycles. The molecule has 28 heavy (non-hydrogen) atoms. The summed E-state index contributed by atoms with van der Waals surface area (Å²) in [6, 6.07) is 6.19. The highest BCUT2D eigenvalue weighted by Crippen LogP contribution is 2.41. The molecule has 0 aromatic carbocycles. The normalized spacial score (nSPS) is 27.1. The van der Waals surface area contributed by atoms with Gasteiger partial charge in [-0.05, 0) is 43.7 Å². The number of fused-ring (bicyclic) bond motifs is 2. The zero-order valence-corrected chi connectivity index (χ0v) is 16.1. The third kappa shape index (κ3) is 2.97. The molecule has 0 spiro atoms. The largest absolute Gasteiger partial charge is 0.379 e. The van der Waals surface area contributed by atoms with Crippen molar-refractivity contribution < 1.29 is 9.26 Å². The second kappa shape index (κ2) is 7.01. The molecule has 1 N–H and O–H groups in total. The van der Waals surface area contributed by atoms with E-state index in [-0.39, 0.29) is 12.1 Å². The van der Waals surface area contributed by atoms with Crippen molar-refractivity contribution in [3.63, 3.8) is 0 Å². The molecule has 3 aromatic rings. The molecule has 0 amide bonds. The molecule has 1 aliphatic heterocycles. The van der Waals surface area contributed by atoms with Crippen LogP contribution in [0.15, 0.2) is 35.2 Å². The van der Waals surface area contributed by atoms with Crippen molar-refractivity contribution in [2.75, 3.05) is 30.4 Å². The van der Waals surface area contributed by atoms with Gasteiger partial charge in [0.15, 0.2) is 0 Å². The lowest BCUT2D eigenvalue weighted by atomic mass is 9.77. The van der Waals surface area contributed by atoms with Crippen LogP contribution in [0.5, 0.6) is 0 Å². The monoisotopic (exact) mass is 380 g/mol. The van der Waals surface area contributed by atoms with Gasteiger partial charge in [0.25, 0.3) is 5.71 Å². The van der Waals surface area contributed by atoms with Gasteiger partial charge in [-0.3, -0.25) is 0 Å². The summed E-state index contributed by atoms with van der Waals surface area (Å²) in [4.78, 5) is 15.5. The summed E-state index contributed by atoms with van der Waals surface area (Å²) in [7, 11) is 1.80. The Hall–Kier alpha value is -2.74. The quantitative estimate of drug-likeness (QED) is 0.739. The van der Waals surface area contributed by atoms with Gasteiger partial charge in [-0.15, -0.1) is 0 Å². The van der Waals surface area contributed by atoms with Crippen molar-refractivity contribution in [1.82, 2.24) is 20.1 Å². The fourth-order valence-corrected chi connectivity index (χ4v) is 4.78. The summed E-state index contributed by atoms with van der Waals surface area (Å²) in [5.41, 5.74) is 1.40. The summed E-state index contributed by atoms with van der Waals surface area (Å²) in [6.07, 6.45) is 5.63. The Morgan fingerprint density at radius 1 is 1.14 bits per heavy atom. The molecule has 5 rings (SSSR count). The minimum Gasteiger partial charge on any atom is -0.379 e. The second-order valence-corrected chi connectivity index (χ2v) is 7.78. The summed E-state index contributed by atoms with van der Waals surface area (Å²) < 4.78 is 11.2. The van der Waals surface area contributed by atoms with Crippen molar-refractivity contribution in [3.05, 3.63) is 36.4 Å².